The number of nitrogens with zero attached hydrogens (tertiary/aromatic N) is 1. The summed E-state index contributed by atoms with van der Waals surface area (Å²) in [7, 11) is 0. The summed E-state index contributed by atoms with van der Waals surface area (Å²) in [5.74, 6) is 0.517. The van der Waals surface area contributed by atoms with Crippen molar-refractivity contribution in [2.45, 2.75) is 39.3 Å². The molecule has 1 aromatic carbocycles. The Balaban J connectivity index is 1.98. The summed E-state index contributed by atoms with van der Waals surface area (Å²) in [5, 5.41) is 3.53. The highest BCUT2D eigenvalue weighted by molar-refractivity contribution is 5.17. The van der Waals surface area contributed by atoms with E-state index in [2.05, 4.69) is 24.1 Å². The Labute approximate surface area is 116 Å². The molecule has 0 saturated carbocycles. The summed E-state index contributed by atoms with van der Waals surface area (Å²) < 4.78 is 13.8. The molecule has 0 aromatic heterocycles. The van der Waals surface area contributed by atoms with Crippen LogP contribution in [0.3, 0.4) is 0 Å². The van der Waals surface area contributed by atoms with Crippen LogP contribution in [-0.4, -0.2) is 30.6 Å². The zero-order valence-corrected chi connectivity index (χ0v) is 12.0. The summed E-state index contributed by atoms with van der Waals surface area (Å²) >= 11 is 0. The van der Waals surface area contributed by atoms with Crippen LogP contribution in [0, 0.1) is 11.7 Å². The van der Waals surface area contributed by atoms with Gasteiger partial charge in [-0.1, -0.05) is 32.0 Å². The van der Waals surface area contributed by atoms with Crippen LogP contribution in [0.4, 0.5) is 4.39 Å². The van der Waals surface area contributed by atoms with E-state index in [1.54, 1.807) is 12.1 Å². The number of hydrogen-bond acceptors (Lipinski definition) is 2. The van der Waals surface area contributed by atoms with Gasteiger partial charge >= 0.3 is 0 Å². The van der Waals surface area contributed by atoms with E-state index in [0.717, 1.165) is 25.2 Å². The maximum absolute atomic E-state index is 13.8. The van der Waals surface area contributed by atoms with Gasteiger partial charge in [-0.3, -0.25) is 4.90 Å². The van der Waals surface area contributed by atoms with Gasteiger partial charge in [0.2, 0.25) is 0 Å². The van der Waals surface area contributed by atoms with Crippen molar-refractivity contribution in [2.24, 2.45) is 5.92 Å². The number of nitrogens with one attached hydrogen (secondary N) is 1. The number of benzene rings is 1. The second kappa shape index (κ2) is 7.01. The van der Waals surface area contributed by atoms with Gasteiger partial charge in [0.25, 0.3) is 0 Å². The maximum Gasteiger partial charge on any atom is 0.127 e. The summed E-state index contributed by atoms with van der Waals surface area (Å²) in [6.45, 7) is 8.31. The molecule has 1 heterocycles. The van der Waals surface area contributed by atoms with Crippen molar-refractivity contribution in [3.05, 3.63) is 35.6 Å². The molecule has 106 valence electrons. The molecule has 0 spiro atoms. The van der Waals surface area contributed by atoms with Crippen LogP contribution in [-0.2, 0) is 6.54 Å². The first-order chi connectivity index (χ1) is 9.15. The van der Waals surface area contributed by atoms with Crippen LogP contribution in [0.15, 0.2) is 24.3 Å². The average molecular weight is 264 g/mol. The largest absolute Gasteiger partial charge is 0.313 e. The molecule has 0 amide bonds. The Bertz CT molecular complexity index is 386. The predicted octanol–water partition coefficient (Wildman–Crippen LogP) is 3.04. The molecule has 1 fully saturated rings. The zero-order chi connectivity index (χ0) is 13.7. The van der Waals surface area contributed by atoms with E-state index in [1.165, 1.54) is 12.8 Å². The maximum atomic E-state index is 13.8. The van der Waals surface area contributed by atoms with E-state index in [4.69, 9.17) is 0 Å². The normalized spacial score (nSPS) is 19.5. The molecule has 1 aliphatic heterocycles. The van der Waals surface area contributed by atoms with Gasteiger partial charge in [0, 0.05) is 31.2 Å². The summed E-state index contributed by atoms with van der Waals surface area (Å²) in [6, 6.07) is 7.69. The highest BCUT2D eigenvalue weighted by atomic mass is 19.1. The topological polar surface area (TPSA) is 15.3 Å². The van der Waals surface area contributed by atoms with Crippen molar-refractivity contribution in [1.29, 1.82) is 0 Å². The Morgan fingerprint density at radius 3 is 2.79 bits per heavy atom. The number of hydrogen-bond donors (Lipinski definition) is 1. The number of halogens is 1. The van der Waals surface area contributed by atoms with E-state index in [0.29, 0.717) is 18.5 Å². The molecule has 1 atom stereocenters. The molecule has 1 N–H and O–H groups in total. The zero-order valence-electron chi connectivity index (χ0n) is 12.0. The lowest BCUT2D eigenvalue weighted by Gasteiger charge is -2.27. The SMILES string of the molecule is CC(C)CN(Cc1ccccc1F)CC1CCCN1. The third-order valence-corrected chi connectivity index (χ3v) is 3.62. The van der Waals surface area contributed by atoms with Crippen LogP contribution >= 0.6 is 0 Å². The second-order valence-corrected chi connectivity index (χ2v) is 5.97. The summed E-state index contributed by atoms with van der Waals surface area (Å²) in [5.41, 5.74) is 0.807. The molecule has 2 rings (SSSR count). The van der Waals surface area contributed by atoms with Gasteiger partial charge in [0.05, 0.1) is 0 Å². The molecule has 0 aliphatic carbocycles. The van der Waals surface area contributed by atoms with E-state index >= 15 is 0 Å². The van der Waals surface area contributed by atoms with Gasteiger partial charge in [0.15, 0.2) is 0 Å². The van der Waals surface area contributed by atoms with Crippen LogP contribution in [0.1, 0.15) is 32.3 Å². The first kappa shape index (κ1) is 14.5. The third kappa shape index (κ3) is 4.59. The van der Waals surface area contributed by atoms with Gasteiger partial charge < -0.3 is 5.32 Å². The van der Waals surface area contributed by atoms with Crippen LogP contribution in [0.5, 0.6) is 0 Å². The van der Waals surface area contributed by atoms with Gasteiger partial charge in [-0.25, -0.2) is 4.39 Å². The van der Waals surface area contributed by atoms with Gasteiger partial charge in [-0.05, 0) is 31.4 Å². The Kier molecular flexibility index (Phi) is 5.34. The summed E-state index contributed by atoms with van der Waals surface area (Å²) in [4.78, 5) is 2.38. The molecular weight excluding hydrogens is 239 g/mol. The summed E-state index contributed by atoms with van der Waals surface area (Å²) in [6.07, 6.45) is 2.51. The van der Waals surface area contributed by atoms with E-state index < -0.39 is 0 Å². The van der Waals surface area contributed by atoms with E-state index in [9.17, 15) is 4.39 Å². The molecule has 1 aromatic rings. The molecule has 1 saturated heterocycles. The Hall–Kier alpha value is -0.930. The molecule has 2 nitrogen and oxygen atoms in total. The molecule has 1 aliphatic rings. The lowest BCUT2D eigenvalue weighted by Crippen LogP contribution is -2.39. The van der Waals surface area contributed by atoms with Crippen LogP contribution in [0.2, 0.25) is 0 Å². The Morgan fingerprint density at radius 2 is 2.16 bits per heavy atom. The predicted molar refractivity (Wildman–Crippen MR) is 77.5 cm³/mol. The standard InChI is InChI=1S/C16H25FN2/c1-13(2)10-19(12-15-7-5-9-18-15)11-14-6-3-4-8-16(14)17/h3-4,6,8,13,15,18H,5,7,9-12H2,1-2H3. The van der Waals surface area contributed by atoms with Crippen molar-refractivity contribution in [3.8, 4) is 0 Å². The quantitative estimate of drug-likeness (QED) is 0.849. The van der Waals surface area contributed by atoms with Gasteiger partial charge in [-0.15, -0.1) is 0 Å². The molecule has 19 heavy (non-hydrogen) atoms. The van der Waals surface area contributed by atoms with Crippen LogP contribution in [0.25, 0.3) is 0 Å². The van der Waals surface area contributed by atoms with Crippen molar-refractivity contribution in [1.82, 2.24) is 10.2 Å². The van der Waals surface area contributed by atoms with Crippen molar-refractivity contribution >= 4 is 0 Å². The van der Waals surface area contributed by atoms with Gasteiger partial charge in [0.1, 0.15) is 5.82 Å². The van der Waals surface area contributed by atoms with Crippen LogP contribution < -0.4 is 5.32 Å². The molecule has 1 unspecified atom stereocenters. The lowest BCUT2D eigenvalue weighted by atomic mass is 10.1. The smallest absolute Gasteiger partial charge is 0.127 e. The van der Waals surface area contributed by atoms with Crippen molar-refractivity contribution in [3.63, 3.8) is 0 Å². The molecule has 3 heteroatoms. The number of rotatable bonds is 6. The third-order valence-electron chi connectivity index (χ3n) is 3.62. The monoisotopic (exact) mass is 264 g/mol. The molecule has 0 radical (unpaired) electrons. The highest BCUT2D eigenvalue weighted by Gasteiger charge is 2.19. The lowest BCUT2D eigenvalue weighted by molar-refractivity contribution is 0.213. The van der Waals surface area contributed by atoms with Crippen molar-refractivity contribution < 1.29 is 4.39 Å². The molecular formula is C16H25FN2. The second-order valence-electron chi connectivity index (χ2n) is 5.97. The van der Waals surface area contributed by atoms with E-state index in [1.807, 2.05) is 12.1 Å². The minimum Gasteiger partial charge on any atom is -0.313 e. The fourth-order valence-corrected chi connectivity index (χ4v) is 2.81. The van der Waals surface area contributed by atoms with Gasteiger partial charge in [-0.2, -0.15) is 0 Å². The first-order valence-electron chi connectivity index (χ1n) is 7.34. The highest BCUT2D eigenvalue weighted by Crippen LogP contribution is 2.14. The first-order valence-corrected chi connectivity index (χ1v) is 7.34. The fourth-order valence-electron chi connectivity index (χ4n) is 2.81. The van der Waals surface area contributed by atoms with E-state index in [-0.39, 0.29) is 5.82 Å². The van der Waals surface area contributed by atoms with Crippen molar-refractivity contribution in [2.75, 3.05) is 19.6 Å². The minimum absolute atomic E-state index is 0.0874. The molecule has 0 bridgehead atoms. The average Bonchev–Trinajstić information content (AvgIpc) is 2.84. The Morgan fingerprint density at radius 1 is 1.37 bits per heavy atom. The fraction of sp³-hybridized carbons (Fsp3) is 0.625. The minimum atomic E-state index is -0.0874.